The third-order valence-corrected chi connectivity index (χ3v) is 5.57. The van der Waals surface area contributed by atoms with Crippen LogP contribution in [0.2, 0.25) is 10.0 Å². The molecule has 0 saturated carbocycles. The summed E-state index contributed by atoms with van der Waals surface area (Å²) in [7, 11) is 0. The van der Waals surface area contributed by atoms with Crippen LogP contribution >= 0.6 is 23.2 Å². The summed E-state index contributed by atoms with van der Waals surface area (Å²) in [5, 5.41) is 17.6. The molecule has 1 fully saturated rings. The molecule has 3 amide bonds. The van der Waals surface area contributed by atoms with Gasteiger partial charge in [0.15, 0.2) is 5.96 Å². The van der Waals surface area contributed by atoms with Crippen molar-refractivity contribution in [2.24, 2.45) is 5.92 Å². The Bertz CT molecular complexity index is 1010. The highest BCUT2D eigenvalue weighted by Gasteiger charge is 2.45. The number of amides is 3. The first-order valence-electron chi connectivity index (χ1n) is 10.3. The molecule has 1 aliphatic rings. The van der Waals surface area contributed by atoms with Crippen LogP contribution in [0.15, 0.2) is 42.5 Å². The Balaban J connectivity index is 1.54. The molecule has 32 heavy (non-hydrogen) atoms. The van der Waals surface area contributed by atoms with Gasteiger partial charge in [-0.15, -0.1) is 0 Å². The zero-order valence-electron chi connectivity index (χ0n) is 18.3. The molecule has 4 N–H and O–H groups in total. The van der Waals surface area contributed by atoms with E-state index in [0.717, 1.165) is 11.1 Å². The Hall–Kier alpha value is -2.77. The van der Waals surface area contributed by atoms with Crippen LogP contribution in [0.25, 0.3) is 0 Å². The number of carbonyl (C=O) groups excluding carboxylic acids is 2. The SMILES string of the molecule is CC(C)CC1(C)NC(=N)N(Cc2ccc(CNC(=O)Nc3cc(Cl)cc(Cl)c3)cc2)C1=O. The second-order valence-electron chi connectivity index (χ2n) is 8.58. The molecule has 1 heterocycles. The largest absolute Gasteiger partial charge is 0.342 e. The maximum atomic E-state index is 12.9. The van der Waals surface area contributed by atoms with Crippen molar-refractivity contribution in [3.8, 4) is 0 Å². The maximum Gasteiger partial charge on any atom is 0.319 e. The first-order valence-corrected chi connectivity index (χ1v) is 11.1. The van der Waals surface area contributed by atoms with Gasteiger partial charge in [-0.1, -0.05) is 61.3 Å². The van der Waals surface area contributed by atoms with Gasteiger partial charge in [0.05, 0.1) is 6.54 Å². The number of rotatable bonds is 7. The van der Waals surface area contributed by atoms with E-state index < -0.39 is 5.54 Å². The van der Waals surface area contributed by atoms with Gasteiger partial charge in [0, 0.05) is 22.3 Å². The predicted octanol–water partition coefficient (Wildman–Crippen LogP) is 4.99. The van der Waals surface area contributed by atoms with Gasteiger partial charge in [-0.3, -0.25) is 15.1 Å². The van der Waals surface area contributed by atoms with Gasteiger partial charge in [0.25, 0.3) is 5.91 Å². The van der Waals surface area contributed by atoms with Crippen molar-refractivity contribution in [2.75, 3.05) is 5.32 Å². The number of hydrogen-bond donors (Lipinski definition) is 4. The minimum atomic E-state index is -0.740. The number of urea groups is 1. The van der Waals surface area contributed by atoms with E-state index in [1.54, 1.807) is 18.2 Å². The standard InChI is InChI=1S/C23H27Cl2N5O2/c1-14(2)11-23(3)20(31)30(21(26)29-23)13-16-6-4-15(5-7-16)12-27-22(32)28-19-9-17(24)8-18(25)10-19/h4-10,14H,11-13H2,1-3H3,(H2,26,29)(H2,27,28,32). The van der Waals surface area contributed by atoms with E-state index in [4.69, 9.17) is 28.6 Å². The minimum absolute atomic E-state index is 0.0836. The minimum Gasteiger partial charge on any atom is -0.342 e. The maximum absolute atomic E-state index is 12.9. The molecule has 9 heteroatoms. The summed E-state index contributed by atoms with van der Waals surface area (Å²) < 4.78 is 0. The second kappa shape index (κ2) is 9.79. The van der Waals surface area contributed by atoms with E-state index in [-0.39, 0.29) is 17.9 Å². The predicted molar refractivity (Wildman–Crippen MR) is 128 cm³/mol. The molecule has 0 aliphatic carbocycles. The van der Waals surface area contributed by atoms with Crippen LogP contribution in [0.4, 0.5) is 10.5 Å². The summed E-state index contributed by atoms with van der Waals surface area (Å²) in [6.07, 6.45) is 0.665. The molecular weight excluding hydrogens is 449 g/mol. The molecule has 2 aromatic carbocycles. The summed E-state index contributed by atoms with van der Waals surface area (Å²) >= 11 is 11.9. The lowest BCUT2D eigenvalue weighted by atomic mass is 9.91. The highest BCUT2D eigenvalue weighted by Crippen LogP contribution is 2.26. The molecular formula is C23H27Cl2N5O2. The van der Waals surface area contributed by atoms with Crippen molar-refractivity contribution < 1.29 is 9.59 Å². The quantitative estimate of drug-likeness (QED) is 0.454. The van der Waals surface area contributed by atoms with Crippen LogP contribution in [0.5, 0.6) is 0 Å². The van der Waals surface area contributed by atoms with Crippen LogP contribution in [0.1, 0.15) is 38.3 Å². The van der Waals surface area contributed by atoms with Gasteiger partial charge in [-0.25, -0.2) is 4.79 Å². The van der Waals surface area contributed by atoms with Crippen LogP contribution in [0.3, 0.4) is 0 Å². The number of carbonyl (C=O) groups is 2. The summed E-state index contributed by atoms with van der Waals surface area (Å²) in [6, 6.07) is 12.0. The number of guanidine groups is 1. The third-order valence-electron chi connectivity index (χ3n) is 5.14. The lowest BCUT2D eigenvalue weighted by Crippen LogP contribution is -2.44. The molecule has 1 saturated heterocycles. The van der Waals surface area contributed by atoms with Crippen LogP contribution in [-0.4, -0.2) is 28.3 Å². The summed E-state index contributed by atoms with van der Waals surface area (Å²) in [5.41, 5.74) is 1.57. The number of halogens is 2. The smallest absolute Gasteiger partial charge is 0.319 e. The van der Waals surface area contributed by atoms with E-state index in [1.165, 1.54) is 4.90 Å². The number of anilines is 1. The molecule has 1 unspecified atom stereocenters. The van der Waals surface area contributed by atoms with Crippen LogP contribution in [-0.2, 0) is 17.9 Å². The van der Waals surface area contributed by atoms with Gasteiger partial charge in [-0.2, -0.15) is 0 Å². The Kier molecular flexibility index (Phi) is 7.31. The van der Waals surface area contributed by atoms with E-state index in [1.807, 2.05) is 31.2 Å². The molecule has 7 nitrogen and oxygen atoms in total. The number of benzene rings is 2. The summed E-state index contributed by atoms with van der Waals surface area (Å²) in [6.45, 7) is 6.61. The molecule has 1 aliphatic heterocycles. The summed E-state index contributed by atoms with van der Waals surface area (Å²) in [5.74, 6) is 0.380. The Morgan fingerprint density at radius 1 is 1.12 bits per heavy atom. The lowest BCUT2D eigenvalue weighted by molar-refractivity contribution is -0.131. The van der Waals surface area contributed by atoms with Crippen molar-refractivity contribution in [1.82, 2.24) is 15.5 Å². The van der Waals surface area contributed by atoms with Crippen molar-refractivity contribution in [1.29, 1.82) is 5.41 Å². The molecule has 2 aromatic rings. The van der Waals surface area contributed by atoms with Crippen molar-refractivity contribution in [3.63, 3.8) is 0 Å². The second-order valence-corrected chi connectivity index (χ2v) is 9.45. The van der Waals surface area contributed by atoms with E-state index in [0.29, 0.717) is 41.2 Å². The zero-order valence-corrected chi connectivity index (χ0v) is 19.8. The molecule has 170 valence electrons. The molecule has 0 bridgehead atoms. The van der Waals surface area contributed by atoms with E-state index >= 15 is 0 Å². The highest BCUT2D eigenvalue weighted by molar-refractivity contribution is 6.35. The van der Waals surface area contributed by atoms with Crippen molar-refractivity contribution in [2.45, 2.75) is 45.8 Å². The lowest BCUT2D eigenvalue weighted by Gasteiger charge is -2.24. The monoisotopic (exact) mass is 475 g/mol. The third kappa shape index (κ3) is 5.93. The van der Waals surface area contributed by atoms with Gasteiger partial charge < -0.3 is 16.0 Å². The average molecular weight is 476 g/mol. The Morgan fingerprint density at radius 2 is 1.72 bits per heavy atom. The summed E-state index contributed by atoms with van der Waals surface area (Å²) in [4.78, 5) is 26.5. The number of nitrogens with one attached hydrogen (secondary N) is 4. The van der Waals surface area contributed by atoms with Gasteiger partial charge in [0.2, 0.25) is 0 Å². The Labute approximate surface area is 198 Å². The molecule has 1 atom stereocenters. The van der Waals surface area contributed by atoms with Crippen LogP contribution in [0, 0.1) is 11.3 Å². The Morgan fingerprint density at radius 3 is 2.31 bits per heavy atom. The van der Waals surface area contributed by atoms with Gasteiger partial charge >= 0.3 is 6.03 Å². The zero-order chi connectivity index (χ0) is 23.5. The normalized spacial score (nSPS) is 18.1. The average Bonchev–Trinajstić information content (AvgIpc) is 2.88. The van der Waals surface area contributed by atoms with Crippen molar-refractivity contribution in [3.05, 3.63) is 63.6 Å². The van der Waals surface area contributed by atoms with Crippen molar-refractivity contribution >= 4 is 46.8 Å². The number of nitrogens with zero attached hydrogens (tertiary/aromatic N) is 1. The topological polar surface area (TPSA) is 97.3 Å². The fraction of sp³-hybridized carbons (Fsp3) is 0.348. The fourth-order valence-corrected chi connectivity index (χ4v) is 4.34. The van der Waals surface area contributed by atoms with E-state index in [9.17, 15) is 9.59 Å². The number of hydrogen-bond acceptors (Lipinski definition) is 3. The molecule has 0 spiro atoms. The van der Waals surface area contributed by atoms with E-state index in [2.05, 4.69) is 29.8 Å². The van der Waals surface area contributed by atoms with Gasteiger partial charge in [0.1, 0.15) is 5.54 Å². The molecule has 0 aromatic heterocycles. The first kappa shape index (κ1) is 23.9. The first-order chi connectivity index (χ1) is 15.1. The fourth-order valence-electron chi connectivity index (χ4n) is 3.82. The highest BCUT2D eigenvalue weighted by atomic mass is 35.5. The van der Waals surface area contributed by atoms with Crippen LogP contribution < -0.4 is 16.0 Å². The van der Waals surface area contributed by atoms with Gasteiger partial charge in [-0.05, 0) is 48.6 Å². The molecule has 3 rings (SSSR count). The molecule has 0 radical (unpaired) electrons.